The van der Waals surface area contributed by atoms with E-state index in [4.69, 9.17) is 4.74 Å². The van der Waals surface area contributed by atoms with E-state index in [0.29, 0.717) is 6.10 Å². The molecule has 1 aliphatic carbocycles. The van der Waals surface area contributed by atoms with E-state index < -0.39 is 0 Å². The van der Waals surface area contributed by atoms with Crippen LogP contribution in [0.3, 0.4) is 0 Å². The molecule has 1 aliphatic heterocycles. The van der Waals surface area contributed by atoms with Gasteiger partial charge in [0.05, 0.1) is 11.7 Å². The van der Waals surface area contributed by atoms with Gasteiger partial charge in [0.1, 0.15) is 0 Å². The highest BCUT2D eigenvalue weighted by atomic mass is 16.5. The van der Waals surface area contributed by atoms with Crippen LogP contribution in [0.4, 0.5) is 0 Å². The van der Waals surface area contributed by atoms with Gasteiger partial charge in [0, 0.05) is 0 Å². The zero-order valence-corrected chi connectivity index (χ0v) is 8.97. The van der Waals surface area contributed by atoms with Gasteiger partial charge in [0.2, 0.25) is 0 Å². The summed E-state index contributed by atoms with van der Waals surface area (Å²) in [4.78, 5) is 0. The summed E-state index contributed by atoms with van der Waals surface area (Å²) in [6, 6.07) is 0. The predicted molar refractivity (Wildman–Crippen MR) is 54.7 cm³/mol. The van der Waals surface area contributed by atoms with Crippen molar-refractivity contribution in [3.63, 3.8) is 0 Å². The second-order valence-electron chi connectivity index (χ2n) is 5.21. The van der Waals surface area contributed by atoms with Crippen LogP contribution in [0.15, 0.2) is 11.6 Å². The maximum atomic E-state index is 6.08. The number of hydrogen-bond donors (Lipinski definition) is 0. The van der Waals surface area contributed by atoms with Crippen LogP contribution in [-0.2, 0) is 4.74 Å². The fraction of sp³-hybridized carbons (Fsp3) is 0.833. The predicted octanol–water partition coefficient (Wildman–Crippen LogP) is 3.30. The van der Waals surface area contributed by atoms with Crippen LogP contribution in [-0.4, -0.2) is 11.7 Å². The third-order valence-electron chi connectivity index (χ3n) is 3.40. The molecule has 1 nitrogen and oxygen atoms in total. The van der Waals surface area contributed by atoms with Crippen molar-refractivity contribution in [3.8, 4) is 0 Å². The molecular formula is C12H20O. The molecule has 1 saturated heterocycles. The van der Waals surface area contributed by atoms with Crippen molar-refractivity contribution in [2.75, 3.05) is 0 Å². The van der Waals surface area contributed by atoms with Crippen LogP contribution in [0.2, 0.25) is 0 Å². The van der Waals surface area contributed by atoms with E-state index in [-0.39, 0.29) is 5.60 Å². The summed E-state index contributed by atoms with van der Waals surface area (Å²) in [5, 5.41) is 0. The van der Waals surface area contributed by atoms with Crippen LogP contribution < -0.4 is 0 Å². The summed E-state index contributed by atoms with van der Waals surface area (Å²) in [7, 11) is 0. The fourth-order valence-corrected chi connectivity index (χ4v) is 2.57. The fourth-order valence-electron chi connectivity index (χ4n) is 2.57. The maximum Gasteiger partial charge on any atom is 0.0648 e. The molecule has 1 heterocycles. The molecule has 0 aromatic heterocycles. The molecule has 0 bridgehead atoms. The molecule has 0 N–H and O–H groups in total. The van der Waals surface area contributed by atoms with E-state index in [2.05, 4.69) is 26.8 Å². The number of fused-ring (bicyclic) bond motifs is 1. The Morgan fingerprint density at radius 3 is 3.00 bits per heavy atom. The van der Waals surface area contributed by atoms with Gasteiger partial charge in [-0.05, 0) is 52.4 Å². The summed E-state index contributed by atoms with van der Waals surface area (Å²) in [6.45, 7) is 6.68. The van der Waals surface area contributed by atoms with Gasteiger partial charge in [0.25, 0.3) is 0 Å². The lowest BCUT2D eigenvalue weighted by Gasteiger charge is -2.43. The van der Waals surface area contributed by atoms with Crippen molar-refractivity contribution in [2.24, 2.45) is 5.92 Å². The zero-order chi connectivity index (χ0) is 9.47. The van der Waals surface area contributed by atoms with Crippen molar-refractivity contribution < 1.29 is 4.74 Å². The largest absolute Gasteiger partial charge is 0.372 e. The molecule has 74 valence electrons. The van der Waals surface area contributed by atoms with Gasteiger partial charge in [-0.2, -0.15) is 0 Å². The standard InChI is InChI=1S/C12H20O/c1-9-4-5-11-10(8-9)6-7-12(2,3)13-11/h4,10-11H,5-8H2,1-3H3. The lowest BCUT2D eigenvalue weighted by Crippen LogP contribution is -2.41. The minimum Gasteiger partial charge on any atom is -0.372 e. The molecule has 2 aliphatic rings. The number of allylic oxidation sites excluding steroid dienone is 1. The molecule has 0 spiro atoms. The molecule has 2 rings (SSSR count). The second-order valence-corrected chi connectivity index (χ2v) is 5.21. The highest BCUT2D eigenvalue weighted by Gasteiger charge is 2.36. The first-order chi connectivity index (χ1) is 6.07. The molecule has 0 aromatic carbocycles. The van der Waals surface area contributed by atoms with Crippen molar-refractivity contribution >= 4 is 0 Å². The summed E-state index contributed by atoms with van der Waals surface area (Å²) >= 11 is 0. The summed E-state index contributed by atoms with van der Waals surface area (Å²) in [5.74, 6) is 0.804. The average molecular weight is 180 g/mol. The van der Waals surface area contributed by atoms with Crippen LogP contribution in [0.1, 0.15) is 46.5 Å². The summed E-state index contributed by atoms with van der Waals surface area (Å²) in [5.41, 5.74) is 1.69. The first-order valence-electron chi connectivity index (χ1n) is 5.40. The topological polar surface area (TPSA) is 9.23 Å². The van der Waals surface area contributed by atoms with Crippen molar-refractivity contribution in [2.45, 2.75) is 58.2 Å². The van der Waals surface area contributed by atoms with Crippen LogP contribution in [0.25, 0.3) is 0 Å². The van der Waals surface area contributed by atoms with Crippen molar-refractivity contribution in [1.82, 2.24) is 0 Å². The van der Waals surface area contributed by atoms with E-state index in [1.807, 2.05) is 0 Å². The molecule has 2 unspecified atom stereocenters. The lowest BCUT2D eigenvalue weighted by molar-refractivity contribution is -0.134. The van der Waals surface area contributed by atoms with Gasteiger partial charge in [-0.15, -0.1) is 0 Å². The molecule has 0 radical (unpaired) electrons. The lowest BCUT2D eigenvalue weighted by atomic mass is 9.79. The Hall–Kier alpha value is -0.300. The third kappa shape index (κ3) is 1.96. The monoisotopic (exact) mass is 180 g/mol. The zero-order valence-electron chi connectivity index (χ0n) is 8.97. The first-order valence-corrected chi connectivity index (χ1v) is 5.40. The number of ether oxygens (including phenoxy) is 1. The minimum absolute atomic E-state index is 0.125. The molecule has 1 heteroatoms. The Balaban J connectivity index is 2.06. The Kier molecular flexibility index (Phi) is 2.23. The Morgan fingerprint density at radius 2 is 2.23 bits per heavy atom. The molecule has 0 saturated carbocycles. The van der Waals surface area contributed by atoms with E-state index in [1.165, 1.54) is 19.3 Å². The van der Waals surface area contributed by atoms with E-state index in [9.17, 15) is 0 Å². The Labute approximate surface area is 81.2 Å². The third-order valence-corrected chi connectivity index (χ3v) is 3.40. The van der Waals surface area contributed by atoms with E-state index >= 15 is 0 Å². The summed E-state index contributed by atoms with van der Waals surface area (Å²) < 4.78 is 6.08. The summed E-state index contributed by atoms with van der Waals surface area (Å²) in [6.07, 6.45) is 7.83. The van der Waals surface area contributed by atoms with Gasteiger partial charge in [-0.25, -0.2) is 0 Å². The second kappa shape index (κ2) is 3.13. The van der Waals surface area contributed by atoms with Crippen LogP contribution in [0, 0.1) is 5.92 Å². The van der Waals surface area contributed by atoms with E-state index in [0.717, 1.165) is 12.3 Å². The first kappa shape index (κ1) is 9.26. The number of hydrogen-bond acceptors (Lipinski definition) is 1. The normalized spacial score (nSPS) is 37.9. The van der Waals surface area contributed by atoms with Gasteiger partial charge in [-0.1, -0.05) is 11.6 Å². The molecule has 2 atom stereocenters. The highest BCUT2D eigenvalue weighted by molar-refractivity contribution is 5.07. The Bertz CT molecular complexity index is 227. The Morgan fingerprint density at radius 1 is 1.46 bits per heavy atom. The van der Waals surface area contributed by atoms with Gasteiger partial charge in [0.15, 0.2) is 0 Å². The molecular weight excluding hydrogens is 160 g/mol. The molecule has 0 amide bonds. The average Bonchev–Trinajstić information content (AvgIpc) is 2.05. The minimum atomic E-state index is 0.125. The van der Waals surface area contributed by atoms with Gasteiger partial charge in [-0.3, -0.25) is 0 Å². The van der Waals surface area contributed by atoms with Crippen LogP contribution in [0.5, 0.6) is 0 Å². The molecule has 13 heavy (non-hydrogen) atoms. The van der Waals surface area contributed by atoms with Crippen molar-refractivity contribution in [1.29, 1.82) is 0 Å². The number of rotatable bonds is 0. The van der Waals surface area contributed by atoms with Crippen molar-refractivity contribution in [3.05, 3.63) is 11.6 Å². The van der Waals surface area contributed by atoms with Crippen LogP contribution >= 0.6 is 0 Å². The quantitative estimate of drug-likeness (QED) is 0.520. The molecule has 0 aromatic rings. The van der Waals surface area contributed by atoms with Gasteiger partial charge < -0.3 is 4.74 Å². The molecule has 1 fully saturated rings. The SMILES string of the molecule is CC1=CCC2OC(C)(C)CCC2C1. The van der Waals surface area contributed by atoms with Gasteiger partial charge >= 0.3 is 0 Å². The van der Waals surface area contributed by atoms with E-state index in [1.54, 1.807) is 5.57 Å². The smallest absolute Gasteiger partial charge is 0.0648 e. The highest BCUT2D eigenvalue weighted by Crippen LogP contribution is 2.39. The maximum absolute atomic E-state index is 6.08.